The van der Waals surface area contributed by atoms with Crippen LogP contribution in [0.5, 0.6) is 0 Å². The molecule has 2 amide bonds. The van der Waals surface area contributed by atoms with E-state index in [4.69, 9.17) is 0 Å². The van der Waals surface area contributed by atoms with Crippen molar-refractivity contribution < 1.29 is 9.59 Å². The highest BCUT2D eigenvalue weighted by Crippen LogP contribution is 2.15. The van der Waals surface area contributed by atoms with Gasteiger partial charge in [-0.15, -0.1) is 0 Å². The van der Waals surface area contributed by atoms with E-state index in [9.17, 15) is 9.59 Å². The fourth-order valence-corrected chi connectivity index (χ4v) is 1.99. The maximum atomic E-state index is 12.1. The van der Waals surface area contributed by atoms with Crippen LogP contribution in [0.1, 0.15) is 13.3 Å². The summed E-state index contributed by atoms with van der Waals surface area (Å²) in [6.45, 7) is 1.79. The van der Waals surface area contributed by atoms with Crippen LogP contribution in [0, 0.1) is 0 Å². The largest absolute Gasteiger partial charge is 0.325 e. The molecule has 0 fully saturated rings. The van der Waals surface area contributed by atoms with Gasteiger partial charge in [0, 0.05) is 17.8 Å². The molecule has 0 aliphatic rings. The Balaban J connectivity index is 2.09. The Morgan fingerprint density at radius 1 is 0.952 bits per heavy atom. The van der Waals surface area contributed by atoms with Crippen LogP contribution in [0.2, 0.25) is 0 Å². The first kappa shape index (κ1) is 14.8. The van der Waals surface area contributed by atoms with Gasteiger partial charge in [0.05, 0.1) is 0 Å². The molecule has 21 heavy (non-hydrogen) atoms. The van der Waals surface area contributed by atoms with Crippen LogP contribution < -0.4 is 10.2 Å². The minimum absolute atomic E-state index is 0.00554. The molecule has 0 aromatic heterocycles. The molecule has 0 aliphatic heterocycles. The van der Waals surface area contributed by atoms with Gasteiger partial charge in [-0.1, -0.05) is 43.3 Å². The number of amides is 2. The SMILES string of the molecule is CCC(=O)N(CC(=O)Nc1ccccc1)c1ccccc1. The van der Waals surface area contributed by atoms with Gasteiger partial charge in [-0.2, -0.15) is 0 Å². The Labute approximate surface area is 124 Å². The number of hydrogen-bond donors (Lipinski definition) is 1. The lowest BCUT2D eigenvalue weighted by Crippen LogP contribution is -2.37. The fraction of sp³-hybridized carbons (Fsp3) is 0.176. The number of para-hydroxylation sites is 2. The van der Waals surface area contributed by atoms with Gasteiger partial charge in [0.25, 0.3) is 0 Å². The number of nitrogens with zero attached hydrogens (tertiary/aromatic N) is 1. The molecule has 0 saturated carbocycles. The van der Waals surface area contributed by atoms with Crippen molar-refractivity contribution in [3.8, 4) is 0 Å². The third-order valence-electron chi connectivity index (χ3n) is 3.03. The molecule has 1 N–H and O–H groups in total. The first-order valence-corrected chi connectivity index (χ1v) is 6.91. The normalized spacial score (nSPS) is 9.95. The molecule has 0 saturated heterocycles. The molecule has 0 radical (unpaired) electrons. The molecule has 2 rings (SSSR count). The van der Waals surface area contributed by atoms with Crippen LogP contribution in [-0.4, -0.2) is 18.4 Å². The van der Waals surface area contributed by atoms with Gasteiger partial charge < -0.3 is 10.2 Å². The molecule has 0 heterocycles. The fourth-order valence-electron chi connectivity index (χ4n) is 1.99. The van der Waals surface area contributed by atoms with Crippen LogP contribution in [0.4, 0.5) is 11.4 Å². The van der Waals surface area contributed by atoms with Gasteiger partial charge in [0.15, 0.2) is 0 Å². The lowest BCUT2D eigenvalue weighted by molar-refractivity contribution is -0.121. The average molecular weight is 282 g/mol. The van der Waals surface area contributed by atoms with Crippen molar-refractivity contribution in [2.24, 2.45) is 0 Å². The van der Waals surface area contributed by atoms with Gasteiger partial charge in [-0.3, -0.25) is 9.59 Å². The minimum Gasteiger partial charge on any atom is -0.325 e. The lowest BCUT2D eigenvalue weighted by Gasteiger charge is -2.21. The molecule has 2 aromatic carbocycles. The summed E-state index contributed by atoms with van der Waals surface area (Å²) in [6, 6.07) is 18.4. The Bertz CT molecular complexity index is 597. The number of benzene rings is 2. The van der Waals surface area contributed by atoms with Crippen molar-refractivity contribution >= 4 is 23.2 Å². The molecule has 4 heteroatoms. The first-order valence-electron chi connectivity index (χ1n) is 6.91. The predicted molar refractivity (Wildman–Crippen MR) is 84.2 cm³/mol. The molecule has 0 unspecified atom stereocenters. The van der Waals surface area contributed by atoms with Gasteiger partial charge in [0.2, 0.25) is 11.8 Å². The van der Waals surface area contributed by atoms with E-state index in [1.807, 2.05) is 60.7 Å². The summed E-state index contributed by atoms with van der Waals surface area (Å²) < 4.78 is 0. The Morgan fingerprint density at radius 3 is 2.10 bits per heavy atom. The molecular formula is C17H18N2O2. The number of rotatable bonds is 5. The Kier molecular flexibility index (Phi) is 5.10. The zero-order chi connectivity index (χ0) is 15.1. The second-order valence-electron chi connectivity index (χ2n) is 4.58. The highest BCUT2D eigenvalue weighted by molar-refractivity contribution is 6.02. The average Bonchev–Trinajstić information content (AvgIpc) is 2.53. The first-order chi connectivity index (χ1) is 10.2. The standard InChI is InChI=1S/C17H18N2O2/c1-2-17(21)19(15-11-7-4-8-12-15)13-16(20)18-14-9-5-3-6-10-14/h3-12H,2,13H2,1H3,(H,18,20). The maximum absolute atomic E-state index is 12.1. The van der Waals surface area contributed by atoms with Crippen molar-refractivity contribution in [3.63, 3.8) is 0 Å². The highest BCUT2D eigenvalue weighted by Gasteiger charge is 2.17. The van der Waals surface area contributed by atoms with Crippen molar-refractivity contribution in [1.29, 1.82) is 0 Å². The summed E-state index contributed by atoms with van der Waals surface area (Å²) in [5, 5.41) is 2.79. The third kappa shape index (κ3) is 4.18. The predicted octanol–water partition coefficient (Wildman–Crippen LogP) is 3.07. The molecule has 0 aliphatic carbocycles. The summed E-state index contributed by atoms with van der Waals surface area (Å²) >= 11 is 0. The van der Waals surface area contributed by atoms with Crippen molar-refractivity contribution in [3.05, 3.63) is 60.7 Å². The number of anilines is 2. The summed E-state index contributed by atoms with van der Waals surface area (Å²) in [6.07, 6.45) is 0.355. The van der Waals surface area contributed by atoms with Gasteiger partial charge in [0.1, 0.15) is 6.54 Å². The van der Waals surface area contributed by atoms with Crippen LogP contribution in [0.3, 0.4) is 0 Å². The zero-order valence-corrected chi connectivity index (χ0v) is 12.0. The van der Waals surface area contributed by atoms with E-state index >= 15 is 0 Å². The number of hydrogen-bond acceptors (Lipinski definition) is 2. The number of nitrogens with one attached hydrogen (secondary N) is 1. The molecule has 0 spiro atoms. The van der Waals surface area contributed by atoms with E-state index in [2.05, 4.69) is 5.32 Å². The summed E-state index contributed by atoms with van der Waals surface area (Å²) in [5.74, 6) is -0.295. The van der Waals surface area contributed by atoms with Crippen LogP contribution in [0.25, 0.3) is 0 Å². The van der Waals surface area contributed by atoms with Crippen LogP contribution in [-0.2, 0) is 9.59 Å². The van der Waals surface area contributed by atoms with Gasteiger partial charge in [-0.05, 0) is 24.3 Å². The molecular weight excluding hydrogens is 264 g/mol. The summed E-state index contributed by atoms with van der Waals surface area (Å²) in [7, 11) is 0. The number of carbonyl (C=O) groups excluding carboxylic acids is 2. The second-order valence-corrected chi connectivity index (χ2v) is 4.58. The Hall–Kier alpha value is -2.62. The monoisotopic (exact) mass is 282 g/mol. The van der Waals surface area contributed by atoms with E-state index in [1.165, 1.54) is 4.90 Å². The zero-order valence-electron chi connectivity index (χ0n) is 12.0. The van der Waals surface area contributed by atoms with Crippen molar-refractivity contribution in [1.82, 2.24) is 0 Å². The number of carbonyl (C=O) groups is 2. The maximum Gasteiger partial charge on any atom is 0.244 e. The smallest absolute Gasteiger partial charge is 0.244 e. The topological polar surface area (TPSA) is 49.4 Å². The lowest BCUT2D eigenvalue weighted by atomic mass is 10.2. The molecule has 0 atom stereocenters. The highest BCUT2D eigenvalue weighted by atomic mass is 16.2. The molecule has 4 nitrogen and oxygen atoms in total. The van der Waals surface area contributed by atoms with Crippen LogP contribution in [0.15, 0.2) is 60.7 Å². The quantitative estimate of drug-likeness (QED) is 0.916. The third-order valence-corrected chi connectivity index (χ3v) is 3.03. The van der Waals surface area contributed by atoms with E-state index in [-0.39, 0.29) is 18.4 Å². The summed E-state index contributed by atoms with van der Waals surface area (Å²) in [5.41, 5.74) is 1.45. The second kappa shape index (κ2) is 7.24. The van der Waals surface area contributed by atoms with Crippen LogP contribution >= 0.6 is 0 Å². The van der Waals surface area contributed by atoms with E-state index in [0.29, 0.717) is 6.42 Å². The van der Waals surface area contributed by atoms with Gasteiger partial charge in [-0.25, -0.2) is 0 Å². The van der Waals surface area contributed by atoms with Crippen molar-refractivity contribution in [2.45, 2.75) is 13.3 Å². The molecule has 108 valence electrons. The summed E-state index contributed by atoms with van der Waals surface area (Å²) in [4.78, 5) is 25.7. The molecule has 0 bridgehead atoms. The van der Waals surface area contributed by atoms with Crippen molar-refractivity contribution in [2.75, 3.05) is 16.8 Å². The van der Waals surface area contributed by atoms with Gasteiger partial charge >= 0.3 is 0 Å². The van der Waals surface area contributed by atoms with E-state index < -0.39 is 0 Å². The Morgan fingerprint density at radius 2 is 1.52 bits per heavy atom. The minimum atomic E-state index is -0.216. The molecule has 2 aromatic rings. The van der Waals surface area contributed by atoms with E-state index in [1.54, 1.807) is 6.92 Å². The van der Waals surface area contributed by atoms with E-state index in [0.717, 1.165) is 11.4 Å².